The lowest BCUT2D eigenvalue weighted by Gasteiger charge is -2.32. The number of benzene rings is 1. The van der Waals surface area contributed by atoms with Gasteiger partial charge in [-0.2, -0.15) is 0 Å². The van der Waals surface area contributed by atoms with Gasteiger partial charge >= 0.3 is 0 Å². The van der Waals surface area contributed by atoms with E-state index in [2.05, 4.69) is 45.1 Å². The van der Waals surface area contributed by atoms with Crippen LogP contribution in [0.2, 0.25) is 0 Å². The Bertz CT molecular complexity index is 599. The minimum absolute atomic E-state index is 0.130. The Balaban J connectivity index is 1.51. The normalized spacial score (nSPS) is 21.0. The van der Waals surface area contributed by atoms with Crippen molar-refractivity contribution < 1.29 is 4.79 Å². The molecule has 1 aromatic carbocycles. The summed E-state index contributed by atoms with van der Waals surface area (Å²) in [6, 6.07) is 10.8. The number of hydrogen-bond donors (Lipinski definition) is 1. The zero-order valence-corrected chi connectivity index (χ0v) is 13.3. The van der Waals surface area contributed by atoms with Crippen LogP contribution in [0.25, 0.3) is 0 Å². The summed E-state index contributed by atoms with van der Waals surface area (Å²) >= 11 is 0. The zero-order chi connectivity index (χ0) is 15.9. The molecule has 0 aliphatic heterocycles. The zero-order valence-electron chi connectivity index (χ0n) is 13.3. The van der Waals surface area contributed by atoms with Crippen molar-refractivity contribution in [1.29, 1.82) is 0 Å². The lowest BCUT2D eigenvalue weighted by Crippen LogP contribution is -2.41. The molecule has 6 nitrogen and oxygen atoms in total. The fourth-order valence-corrected chi connectivity index (χ4v) is 3.37. The van der Waals surface area contributed by atoms with Crippen LogP contribution in [0.1, 0.15) is 50.0 Å². The molecule has 1 heterocycles. The van der Waals surface area contributed by atoms with E-state index in [1.807, 2.05) is 6.07 Å². The number of aromatic nitrogens is 4. The van der Waals surface area contributed by atoms with Gasteiger partial charge in [-0.15, -0.1) is 5.10 Å². The first-order valence-electron chi connectivity index (χ1n) is 8.38. The standard InChI is InChI=1S/C17H23N5O/c23-17(11-6-12-22-13-18-20-21-22)19-16-10-5-4-9-15(16)14-7-2-1-3-8-14/h1-3,7-8,13,15-16H,4-6,9-12H2,(H,19,23). The van der Waals surface area contributed by atoms with Crippen LogP contribution in [0.15, 0.2) is 36.7 Å². The largest absolute Gasteiger partial charge is 0.353 e. The van der Waals surface area contributed by atoms with Crippen molar-refractivity contribution in [2.24, 2.45) is 0 Å². The molecule has 23 heavy (non-hydrogen) atoms. The lowest BCUT2D eigenvalue weighted by molar-refractivity contribution is -0.122. The van der Waals surface area contributed by atoms with Crippen molar-refractivity contribution in [2.45, 2.75) is 57.0 Å². The molecule has 1 aliphatic carbocycles. The maximum Gasteiger partial charge on any atom is 0.220 e. The Hall–Kier alpha value is -2.24. The van der Waals surface area contributed by atoms with Crippen molar-refractivity contribution in [3.63, 3.8) is 0 Å². The number of aryl methyl sites for hydroxylation is 1. The Labute approximate surface area is 136 Å². The highest BCUT2D eigenvalue weighted by Gasteiger charge is 2.27. The summed E-state index contributed by atoms with van der Waals surface area (Å²) in [5, 5.41) is 14.2. The predicted molar refractivity (Wildman–Crippen MR) is 86.6 cm³/mol. The van der Waals surface area contributed by atoms with E-state index in [1.54, 1.807) is 11.0 Å². The minimum Gasteiger partial charge on any atom is -0.353 e. The van der Waals surface area contributed by atoms with E-state index in [1.165, 1.54) is 18.4 Å². The van der Waals surface area contributed by atoms with Crippen molar-refractivity contribution in [2.75, 3.05) is 0 Å². The second kappa shape index (κ2) is 7.85. The van der Waals surface area contributed by atoms with Crippen LogP contribution in [-0.4, -0.2) is 32.2 Å². The first kappa shape index (κ1) is 15.6. The first-order chi connectivity index (χ1) is 11.3. The summed E-state index contributed by atoms with van der Waals surface area (Å²) in [4.78, 5) is 12.2. The molecule has 1 aromatic heterocycles. The number of nitrogens with one attached hydrogen (secondary N) is 1. The van der Waals surface area contributed by atoms with Crippen LogP contribution in [0, 0.1) is 0 Å². The van der Waals surface area contributed by atoms with E-state index in [4.69, 9.17) is 0 Å². The van der Waals surface area contributed by atoms with Gasteiger partial charge in [0.25, 0.3) is 0 Å². The van der Waals surface area contributed by atoms with Gasteiger partial charge in [-0.05, 0) is 35.3 Å². The topological polar surface area (TPSA) is 72.7 Å². The fraction of sp³-hybridized carbons (Fsp3) is 0.529. The fourth-order valence-electron chi connectivity index (χ4n) is 3.37. The maximum atomic E-state index is 12.2. The second-order valence-electron chi connectivity index (χ2n) is 6.15. The molecule has 1 aliphatic rings. The van der Waals surface area contributed by atoms with Crippen LogP contribution in [-0.2, 0) is 11.3 Å². The number of carbonyl (C=O) groups excluding carboxylic acids is 1. The van der Waals surface area contributed by atoms with Crippen LogP contribution >= 0.6 is 0 Å². The van der Waals surface area contributed by atoms with Gasteiger partial charge < -0.3 is 5.32 Å². The third kappa shape index (κ3) is 4.37. The van der Waals surface area contributed by atoms with Gasteiger partial charge in [0.05, 0.1) is 0 Å². The Morgan fingerprint density at radius 2 is 2.04 bits per heavy atom. The van der Waals surface area contributed by atoms with Crippen molar-refractivity contribution in [1.82, 2.24) is 25.5 Å². The molecule has 2 atom stereocenters. The summed E-state index contributed by atoms with van der Waals surface area (Å²) in [6.45, 7) is 0.674. The number of tetrazole rings is 1. The number of rotatable bonds is 6. The van der Waals surface area contributed by atoms with Gasteiger partial charge in [0.15, 0.2) is 0 Å². The molecule has 3 rings (SSSR count). The smallest absolute Gasteiger partial charge is 0.220 e. The summed E-state index contributed by atoms with van der Waals surface area (Å²) in [6.07, 6.45) is 7.49. The van der Waals surface area contributed by atoms with Crippen LogP contribution in [0.3, 0.4) is 0 Å². The Morgan fingerprint density at radius 3 is 2.83 bits per heavy atom. The molecular formula is C17H23N5O. The number of amides is 1. The second-order valence-corrected chi connectivity index (χ2v) is 6.15. The number of hydrogen-bond acceptors (Lipinski definition) is 4. The van der Waals surface area contributed by atoms with E-state index in [-0.39, 0.29) is 11.9 Å². The minimum atomic E-state index is 0.130. The Kier molecular flexibility index (Phi) is 5.34. The summed E-state index contributed by atoms with van der Waals surface area (Å²) in [5.74, 6) is 0.569. The quantitative estimate of drug-likeness (QED) is 0.888. The molecule has 0 saturated heterocycles. The van der Waals surface area contributed by atoms with Gasteiger partial charge in [0.2, 0.25) is 5.91 Å². The molecule has 1 N–H and O–H groups in total. The molecule has 0 spiro atoms. The molecule has 2 aromatic rings. The third-order valence-corrected chi connectivity index (χ3v) is 4.52. The molecule has 0 bridgehead atoms. The van der Waals surface area contributed by atoms with E-state index < -0.39 is 0 Å². The molecule has 1 fully saturated rings. The summed E-state index contributed by atoms with van der Waals surface area (Å²) in [7, 11) is 0. The van der Waals surface area contributed by atoms with E-state index >= 15 is 0 Å². The molecule has 1 saturated carbocycles. The molecule has 1 amide bonds. The maximum absolute atomic E-state index is 12.2. The SMILES string of the molecule is O=C(CCCn1cnnn1)NC1CCCCC1c1ccccc1. The highest BCUT2D eigenvalue weighted by Crippen LogP contribution is 2.33. The molecule has 6 heteroatoms. The molecule has 0 radical (unpaired) electrons. The average Bonchev–Trinajstić information content (AvgIpc) is 3.09. The van der Waals surface area contributed by atoms with Gasteiger partial charge in [0, 0.05) is 24.9 Å². The van der Waals surface area contributed by atoms with E-state index in [0.717, 1.165) is 19.3 Å². The predicted octanol–water partition coefficient (Wildman–Crippen LogP) is 2.30. The molecule has 2 unspecified atom stereocenters. The lowest BCUT2D eigenvalue weighted by atomic mass is 9.80. The van der Waals surface area contributed by atoms with Gasteiger partial charge in [-0.3, -0.25) is 4.79 Å². The van der Waals surface area contributed by atoms with E-state index in [0.29, 0.717) is 18.9 Å². The molecule has 122 valence electrons. The van der Waals surface area contributed by atoms with Crippen LogP contribution < -0.4 is 5.32 Å². The van der Waals surface area contributed by atoms with Gasteiger partial charge in [0.1, 0.15) is 6.33 Å². The van der Waals surface area contributed by atoms with Crippen molar-refractivity contribution in [3.05, 3.63) is 42.2 Å². The highest BCUT2D eigenvalue weighted by molar-refractivity contribution is 5.76. The number of nitrogens with zero attached hydrogens (tertiary/aromatic N) is 4. The molecular weight excluding hydrogens is 290 g/mol. The average molecular weight is 313 g/mol. The third-order valence-electron chi connectivity index (χ3n) is 4.52. The summed E-state index contributed by atoms with van der Waals surface area (Å²) in [5.41, 5.74) is 1.34. The summed E-state index contributed by atoms with van der Waals surface area (Å²) < 4.78 is 1.65. The first-order valence-corrected chi connectivity index (χ1v) is 8.38. The van der Waals surface area contributed by atoms with Crippen LogP contribution in [0.5, 0.6) is 0 Å². The number of carbonyl (C=O) groups is 1. The van der Waals surface area contributed by atoms with E-state index in [9.17, 15) is 4.79 Å². The monoisotopic (exact) mass is 313 g/mol. The Morgan fingerprint density at radius 1 is 1.22 bits per heavy atom. The van der Waals surface area contributed by atoms with Crippen molar-refractivity contribution >= 4 is 5.91 Å². The van der Waals surface area contributed by atoms with Gasteiger partial charge in [-0.1, -0.05) is 43.2 Å². The highest BCUT2D eigenvalue weighted by atomic mass is 16.1. The van der Waals surface area contributed by atoms with Gasteiger partial charge in [-0.25, -0.2) is 4.68 Å². The van der Waals surface area contributed by atoms with Crippen LogP contribution in [0.4, 0.5) is 0 Å². The van der Waals surface area contributed by atoms with Crippen molar-refractivity contribution in [3.8, 4) is 0 Å².